The summed E-state index contributed by atoms with van der Waals surface area (Å²) in [6.45, 7) is 3.97. The maximum Gasteiger partial charge on any atom is 0.228 e. The van der Waals surface area contributed by atoms with E-state index >= 15 is 0 Å². The third kappa shape index (κ3) is 4.42. The number of piperidine rings is 1. The van der Waals surface area contributed by atoms with Gasteiger partial charge >= 0.3 is 0 Å². The van der Waals surface area contributed by atoms with Crippen LogP contribution in [0.5, 0.6) is 11.5 Å². The second kappa shape index (κ2) is 8.04. The van der Waals surface area contributed by atoms with E-state index in [1.807, 2.05) is 62.4 Å². The van der Waals surface area contributed by atoms with Gasteiger partial charge in [0.2, 0.25) is 11.8 Å². The molecule has 5 heteroatoms. The summed E-state index contributed by atoms with van der Waals surface area (Å²) in [5, 5.41) is 5.89. The van der Waals surface area contributed by atoms with E-state index in [2.05, 4.69) is 10.6 Å². The van der Waals surface area contributed by atoms with E-state index < -0.39 is 0 Å². The topological polar surface area (TPSA) is 67.4 Å². The van der Waals surface area contributed by atoms with Gasteiger partial charge in [0, 0.05) is 18.4 Å². The lowest BCUT2D eigenvalue weighted by Crippen LogP contribution is -2.45. The van der Waals surface area contributed by atoms with Crippen molar-refractivity contribution in [1.29, 1.82) is 0 Å². The van der Waals surface area contributed by atoms with Gasteiger partial charge in [0.25, 0.3) is 0 Å². The molecule has 2 aromatic carbocycles. The van der Waals surface area contributed by atoms with Crippen LogP contribution in [0.4, 0.5) is 5.69 Å². The van der Waals surface area contributed by atoms with Crippen LogP contribution in [0.2, 0.25) is 0 Å². The summed E-state index contributed by atoms with van der Waals surface area (Å²) in [7, 11) is 0. The zero-order valence-corrected chi connectivity index (χ0v) is 15.1. The Kier molecular flexibility index (Phi) is 5.56. The number of ether oxygens (including phenoxy) is 1. The number of nitrogens with one attached hydrogen (secondary N) is 2. The molecule has 1 heterocycles. The first-order valence-electron chi connectivity index (χ1n) is 8.99. The third-order valence-corrected chi connectivity index (χ3v) is 4.59. The van der Waals surface area contributed by atoms with Gasteiger partial charge in [-0.25, -0.2) is 0 Å². The van der Waals surface area contributed by atoms with Crippen LogP contribution in [0.1, 0.15) is 31.7 Å². The highest BCUT2D eigenvalue weighted by Gasteiger charge is 2.30. The Labute approximate surface area is 153 Å². The monoisotopic (exact) mass is 352 g/mol. The minimum atomic E-state index is -0.321. The Hall–Kier alpha value is -2.82. The van der Waals surface area contributed by atoms with Crippen molar-refractivity contribution in [2.24, 2.45) is 5.92 Å². The second-order valence-corrected chi connectivity index (χ2v) is 6.71. The minimum Gasteiger partial charge on any atom is -0.455 e. The number of benzene rings is 2. The van der Waals surface area contributed by atoms with E-state index in [9.17, 15) is 9.59 Å². The lowest BCUT2D eigenvalue weighted by molar-refractivity contribution is -0.130. The first kappa shape index (κ1) is 18.0. The Morgan fingerprint density at radius 1 is 1.23 bits per heavy atom. The van der Waals surface area contributed by atoms with Crippen LogP contribution < -0.4 is 15.4 Å². The highest BCUT2D eigenvalue weighted by Crippen LogP contribution is 2.31. The molecular weight excluding hydrogens is 328 g/mol. The number of hydrogen-bond donors (Lipinski definition) is 2. The van der Waals surface area contributed by atoms with E-state index in [4.69, 9.17) is 4.74 Å². The molecule has 2 N–H and O–H groups in total. The average Bonchev–Trinajstić information content (AvgIpc) is 2.64. The van der Waals surface area contributed by atoms with Crippen molar-refractivity contribution >= 4 is 17.5 Å². The summed E-state index contributed by atoms with van der Waals surface area (Å²) in [5.41, 5.74) is 1.64. The lowest BCUT2D eigenvalue weighted by atomic mass is 9.90. The molecule has 0 saturated carbocycles. The SMILES string of the molecule is CC[C@@H]1C[C@H](C(=O)Nc2cc(C)ccc2Oc2ccccc2)CC(=O)N1. The van der Waals surface area contributed by atoms with Crippen molar-refractivity contribution < 1.29 is 14.3 Å². The third-order valence-electron chi connectivity index (χ3n) is 4.59. The zero-order valence-electron chi connectivity index (χ0n) is 15.1. The van der Waals surface area contributed by atoms with Gasteiger partial charge in [-0.15, -0.1) is 0 Å². The summed E-state index contributed by atoms with van der Waals surface area (Å²) in [6.07, 6.45) is 1.71. The molecule has 1 aliphatic rings. The fourth-order valence-corrected chi connectivity index (χ4v) is 3.15. The van der Waals surface area contributed by atoms with Gasteiger partial charge in [-0.2, -0.15) is 0 Å². The number of aryl methyl sites for hydroxylation is 1. The van der Waals surface area contributed by atoms with Crippen molar-refractivity contribution in [2.45, 2.75) is 39.2 Å². The molecule has 26 heavy (non-hydrogen) atoms. The van der Waals surface area contributed by atoms with Gasteiger partial charge in [0.05, 0.1) is 5.69 Å². The van der Waals surface area contributed by atoms with Crippen LogP contribution in [0.15, 0.2) is 48.5 Å². The fourth-order valence-electron chi connectivity index (χ4n) is 3.15. The number of anilines is 1. The first-order valence-corrected chi connectivity index (χ1v) is 8.99. The molecular formula is C21H24N2O3. The molecule has 3 rings (SSSR count). The molecule has 0 radical (unpaired) electrons. The van der Waals surface area contributed by atoms with Crippen LogP contribution in [0, 0.1) is 12.8 Å². The van der Waals surface area contributed by atoms with Crippen LogP contribution in [-0.4, -0.2) is 17.9 Å². The summed E-state index contributed by atoms with van der Waals surface area (Å²) < 4.78 is 5.92. The van der Waals surface area contributed by atoms with E-state index in [1.165, 1.54) is 0 Å². The summed E-state index contributed by atoms with van der Waals surface area (Å²) in [6, 6.07) is 15.2. The Balaban J connectivity index is 1.77. The molecule has 2 aromatic rings. The van der Waals surface area contributed by atoms with Crippen molar-refractivity contribution in [1.82, 2.24) is 5.32 Å². The van der Waals surface area contributed by atoms with Crippen LogP contribution in [-0.2, 0) is 9.59 Å². The Morgan fingerprint density at radius 2 is 2.00 bits per heavy atom. The quantitative estimate of drug-likeness (QED) is 0.854. The van der Waals surface area contributed by atoms with Crippen LogP contribution in [0.3, 0.4) is 0 Å². The largest absolute Gasteiger partial charge is 0.455 e. The lowest BCUT2D eigenvalue weighted by Gasteiger charge is -2.28. The summed E-state index contributed by atoms with van der Waals surface area (Å²) in [4.78, 5) is 24.6. The number of hydrogen-bond acceptors (Lipinski definition) is 3. The minimum absolute atomic E-state index is 0.0598. The average molecular weight is 352 g/mol. The summed E-state index contributed by atoms with van der Waals surface area (Å²) in [5.74, 6) is 0.770. The normalized spacial score (nSPS) is 19.5. The van der Waals surface area contributed by atoms with E-state index in [0.29, 0.717) is 23.6 Å². The molecule has 0 unspecified atom stereocenters. The maximum absolute atomic E-state index is 12.7. The van der Waals surface area contributed by atoms with Gasteiger partial charge in [-0.3, -0.25) is 9.59 Å². The Bertz CT molecular complexity index is 789. The molecule has 0 aromatic heterocycles. The highest BCUT2D eigenvalue weighted by molar-refractivity contribution is 5.97. The van der Waals surface area contributed by atoms with E-state index in [1.54, 1.807) is 0 Å². The molecule has 0 spiro atoms. The molecule has 136 valence electrons. The second-order valence-electron chi connectivity index (χ2n) is 6.71. The van der Waals surface area contributed by atoms with Crippen molar-refractivity contribution in [3.05, 3.63) is 54.1 Å². The fraction of sp³-hybridized carbons (Fsp3) is 0.333. The molecule has 1 aliphatic heterocycles. The van der Waals surface area contributed by atoms with E-state index in [0.717, 1.165) is 12.0 Å². The highest BCUT2D eigenvalue weighted by atomic mass is 16.5. The van der Waals surface area contributed by atoms with Gasteiger partial charge in [0.1, 0.15) is 5.75 Å². The molecule has 0 bridgehead atoms. The standard InChI is InChI=1S/C21H24N2O3/c1-3-16-12-15(13-20(24)22-16)21(25)23-18-11-14(2)9-10-19(18)26-17-7-5-4-6-8-17/h4-11,15-16H,3,12-13H2,1-2H3,(H,22,24)(H,23,25)/t15-,16+/m0/s1. The molecule has 5 nitrogen and oxygen atoms in total. The maximum atomic E-state index is 12.7. The smallest absolute Gasteiger partial charge is 0.228 e. The predicted molar refractivity (Wildman–Crippen MR) is 101 cm³/mol. The van der Waals surface area contributed by atoms with Gasteiger partial charge < -0.3 is 15.4 Å². The molecule has 2 atom stereocenters. The Morgan fingerprint density at radius 3 is 2.73 bits per heavy atom. The van der Waals surface area contributed by atoms with Gasteiger partial charge in [-0.05, 0) is 49.6 Å². The zero-order chi connectivity index (χ0) is 18.5. The first-order chi connectivity index (χ1) is 12.5. The number of carbonyl (C=O) groups excluding carboxylic acids is 2. The predicted octanol–water partition coefficient (Wildman–Crippen LogP) is 4.03. The number of amides is 2. The number of para-hydroxylation sites is 1. The van der Waals surface area contributed by atoms with Crippen molar-refractivity contribution in [3.8, 4) is 11.5 Å². The van der Waals surface area contributed by atoms with Crippen LogP contribution >= 0.6 is 0 Å². The number of carbonyl (C=O) groups is 2. The van der Waals surface area contributed by atoms with Crippen molar-refractivity contribution in [3.63, 3.8) is 0 Å². The molecule has 1 saturated heterocycles. The molecule has 1 fully saturated rings. The van der Waals surface area contributed by atoms with Crippen molar-refractivity contribution in [2.75, 3.05) is 5.32 Å². The van der Waals surface area contributed by atoms with E-state index in [-0.39, 0.29) is 30.2 Å². The molecule has 0 aliphatic carbocycles. The van der Waals surface area contributed by atoms with Crippen LogP contribution in [0.25, 0.3) is 0 Å². The summed E-state index contributed by atoms with van der Waals surface area (Å²) >= 11 is 0. The van der Waals surface area contributed by atoms with Gasteiger partial charge in [0.15, 0.2) is 5.75 Å². The van der Waals surface area contributed by atoms with Gasteiger partial charge in [-0.1, -0.05) is 31.2 Å². The molecule has 2 amide bonds. The number of rotatable bonds is 5.